The molecule has 0 saturated heterocycles. The molecule has 0 saturated carbocycles. The van der Waals surface area contributed by atoms with E-state index in [0.717, 1.165) is 12.2 Å². The summed E-state index contributed by atoms with van der Waals surface area (Å²) in [6, 6.07) is 4.67. The van der Waals surface area contributed by atoms with Gasteiger partial charge < -0.3 is 10.1 Å². The highest BCUT2D eigenvalue weighted by atomic mass is 35.5. The summed E-state index contributed by atoms with van der Waals surface area (Å²) in [6.45, 7) is 1.94. The second kappa shape index (κ2) is 7.03. The average Bonchev–Trinajstić information content (AvgIpc) is 2.31. The fourth-order valence-corrected chi connectivity index (χ4v) is 1.56. The number of ether oxygens (including phenoxy) is 1. The molecule has 0 radical (unpaired) electrons. The van der Waals surface area contributed by atoms with Gasteiger partial charge in [0.1, 0.15) is 0 Å². The molecule has 1 N–H and O–H groups in total. The molecule has 1 aromatic carbocycles. The van der Waals surface area contributed by atoms with Crippen LogP contribution in [-0.4, -0.2) is 18.5 Å². The summed E-state index contributed by atoms with van der Waals surface area (Å²) in [4.78, 5) is 22.4. The van der Waals surface area contributed by atoms with Crippen molar-refractivity contribution in [2.45, 2.75) is 6.92 Å². The van der Waals surface area contributed by atoms with E-state index < -0.39 is 11.9 Å². The summed E-state index contributed by atoms with van der Waals surface area (Å²) in [6.07, 6.45) is 2.12. The number of hydrogen-bond acceptors (Lipinski definition) is 3. The molecule has 18 heavy (non-hydrogen) atoms. The molecule has 0 spiro atoms. The number of nitrogens with one attached hydrogen (secondary N) is 1. The predicted octanol–water partition coefficient (Wildman–Crippen LogP) is 3.05. The monoisotopic (exact) mass is 287 g/mol. The molecule has 1 amide bonds. The zero-order valence-corrected chi connectivity index (χ0v) is 11.1. The number of benzene rings is 1. The van der Waals surface area contributed by atoms with Crippen LogP contribution < -0.4 is 5.32 Å². The number of carbonyl (C=O) groups is 2. The third kappa shape index (κ3) is 4.77. The molecule has 0 aliphatic carbocycles. The highest BCUT2D eigenvalue weighted by Gasteiger charge is 2.04. The van der Waals surface area contributed by atoms with Gasteiger partial charge in [0.25, 0.3) is 0 Å². The topological polar surface area (TPSA) is 55.4 Å². The number of halogens is 2. The zero-order chi connectivity index (χ0) is 13.5. The maximum absolute atomic E-state index is 11.5. The van der Waals surface area contributed by atoms with Gasteiger partial charge in [-0.2, -0.15) is 0 Å². The Morgan fingerprint density at radius 3 is 2.67 bits per heavy atom. The van der Waals surface area contributed by atoms with Crippen molar-refractivity contribution in [1.29, 1.82) is 0 Å². The summed E-state index contributed by atoms with van der Waals surface area (Å²) in [5, 5.41) is 3.30. The molecule has 0 atom stereocenters. The van der Waals surface area contributed by atoms with E-state index in [0.29, 0.717) is 15.7 Å². The Kier molecular flexibility index (Phi) is 5.68. The van der Waals surface area contributed by atoms with Crippen LogP contribution >= 0.6 is 23.2 Å². The molecular formula is C12H11Cl2NO3. The fourth-order valence-electron chi connectivity index (χ4n) is 1.10. The minimum Gasteiger partial charge on any atom is -0.463 e. The van der Waals surface area contributed by atoms with Crippen molar-refractivity contribution in [3.05, 3.63) is 40.4 Å². The van der Waals surface area contributed by atoms with E-state index in [1.54, 1.807) is 19.1 Å². The van der Waals surface area contributed by atoms with Crippen molar-refractivity contribution in [2.75, 3.05) is 11.9 Å². The lowest BCUT2D eigenvalue weighted by Crippen LogP contribution is -2.09. The number of rotatable bonds is 4. The molecule has 0 aliphatic rings. The van der Waals surface area contributed by atoms with Crippen LogP contribution in [0.1, 0.15) is 6.92 Å². The van der Waals surface area contributed by atoms with Crippen molar-refractivity contribution in [1.82, 2.24) is 0 Å². The summed E-state index contributed by atoms with van der Waals surface area (Å²) in [5.74, 6) is -1.05. The minimum absolute atomic E-state index is 0.258. The number of amides is 1. The van der Waals surface area contributed by atoms with E-state index in [1.807, 2.05) is 0 Å². The molecule has 4 nitrogen and oxygen atoms in total. The van der Waals surface area contributed by atoms with Crippen LogP contribution in [0.5, 0.6) is 0 Å². The Morgan fingerprint density at radius 2 is 2.06 bits per heavy atom. The van der Waals surface area contributed by atoms with Crippen molar-refractivity contribution in [3.63, 3.8) is 0 Å². The van der Waals surface area contributed by atoms with Crippen LogP contribution in [0.2, 0.25) is 10.0 Å². The predicted molar refractivity (Wildman–Crippen MR) is 70.9 cm³/mol. The quantitative estimate of drug-likeness (QED) is 0.684. The van der Waals surface area contributed by atoms with E-state index in [1.165, 1.54) is 6.07 Å². The Balaban J connectivity index is 2.62. The van der Waals surface area contributed by atoms with Gasteiger partial charge in [-0.15, -0.1) is 0 Å². The highest BCUT2D eigenvalue weighted by molar-refractivity contribution is 6.36. The minimum atomic E-state index is -0.574. The summed E-state index contributed by atoms with van der Waals surface area (Å²) < 4.78 is 4.63. The smallest absolute Gasteiger partial charge is 0.330 e. The Labute approximate surface area is 115 Å². The fraction of sp³-hybridized carbons (Fsp3) is 0.167. The Hall–Kier alpha value is -1.52. The number of esters is 1. The van der Waals surface area contributed by atoms with Crippen LogP contribution in [0, 0.1) is 0 Å². The third-order valence-corrected chi connectivity index (χ3v) is 2.39. The van der Waals surface area contributed by atoms with Gasteiger partial charge in [-0.3, -0.25) is 4.79 Å². The molecule has 0 aliphatic heterocycles. The van der Waals surface area contributed by atoms with Crippen molar-refractivity contribution in [2.24, 2.45) is 0 Å². The first-order valence-corrected chi connectivity index (χ1v) is 5.89. The van der Waals surface area contributed by atoms with Gasteiger partial charge in [-0.1, -0.05) is 23.2 Å². The van der Waals surface area contributed by atoms with Crippen LogP contribution in [0.4, 0.5) is 5.69 Å². The lowest BCUT2D eigenvalue weighted by molar-refractivity contribution is -0.137. The molecule has 0 fully saturated rings. The van der Waals surface area contributed by atoms with Crippen LogP contribution in [0.3, 0.4) is 0 Å². The first-order valence-electron chi connectivity index (χ1n) is 5.13. The summed E-state index contributed by atoms with van der Waals surface area (Å²) in [7, 11) is 0. The number of carbonyl (C=O) groups excluding carboxylic acids is 2. The molecule has 6 heteroatoms. The zero-order valence-electron chi connectivity index (χ0n) is 9.57. The van der Waals surface area contributed by atoms with Gasteiger partial charge in [0.05, 0.1) is 17.3 Å². The van der Waals surface area contributed by atoms with Gasteiger partial charge in [-0.25, -0.2) is 4.79 Å². The van der Waals surface area contributed by atoms with Gasteiger partial charge >= 0.3 is 5.97 Å². The molecule has 0 aromatic heterocycles. The Bertz CT molecular complexity index is 486. The second-order valence-corrected chi connectivity index (χ2v) is 4.04. The molecule has 0 bridgehead atoms. The summed E-state index contributed by atoms with van der Waals surface area (Å²) in [5.41, 5.74) is 0.416. The van der Waals surface area contributed by atoms with Crippen LogP contribution in [0.25, 0.3) is 0 Å². The van der Waals surface area contributed by atoms with Crippen LogP contribution in [0.15, 0.2) is 30.4 Å². The van der Waals surface area contributed by atoms with Crippen LogP contribution in [-0.2, 0) is 14.3 Å². The van der Waals surface area contributed by atoms with E-state index >= 15 is 0 Å². The van der Waals surface area contributed by atoms with E-state index in [-0.39, 0.29) is 6.61 Å². The lowest BCUT2D eigenvalue weighted by Gasteiger charge is -2.04. The van der Waals surface area contributed by atoms with E-state index in [4.69, 9.17) is 23.2 Å². The van der Waals surface area contributed by atoms with Gasteiger partial charge in [-0.05, 0) is 25.1 Å². The normalized spacial score (nSPS) is 10.4. The van der Waals surface area contributed by atoms with Crippen molar-refractivity contribution in [3.8, 4) is 0 Å². The highest BCUT2D eigenvalue weighted by Crippen LogP contribution is 2.25. The standard InChI is InChI=1S/C12H11Cl2NO3/c1-2-18-12(17)6-5-11(16)15-10-4-3-8(13)7-9(10)14/h3-7H,2H2,1H3,(H,15,16)/b6-5-. The number of hydrogen-bond donors (Lipinski definition) is 1. The molecule has 96 valence electrons. The molecule has 0 unspecified atom stereocenters. The first kappa shape index (κ1) is 14.5. The number of anilines is 1. The maximum atomic E-state index is 11.5. The van der Waals surface area contributed by atoms with Crippen molar-refractivity contribution >= 4 is 40.8 Å². The van der Waals surface area contributed by atoms with E-state index in [2.05, 4.69) is 10.1 Å². The average molecular weight is 288 g/mol. The summed E-state index contributed by atoms with van der Waals surface area (Å²) >= 11 is 11.6. The SMILES string of the molecule is CCOC(=O)/C=C\C(=O)Nc1ccc(Cl)cc1Cl. The lowest BCUT2D eigenvalue weighted by atomic mass is 10.3. The van der Waals surface area contributed by atoms with E-state index in [9.17, 15) is 9.59 Å². The Morgan fingerprint density at radius 1 is 1.33 bits per heavy atom. The van der Waals surface area contributed by atoms with Gasteiger partial charge in [0.2, 0.25) is 5.91 Å². The first-order chi connectivity index (χ1) is 8.52. The maximum Gasteiger partial charge on any atom is 0.330 e. The molecule has 0 heterocycles. The molecule has 1 rings (SSSR count). The van der Waals surface area contributed by atoms with Gasteiger partial charge in [0, 0.05) is 17.2 Å². The molecular weight excluding hydrogens is 277 g/mol. The third-order valence-electron chi connectivity index (χ3n) is 1.85. The van der Waals surface area contributed by atoms with Gasteiger partial charge in [0.15, 0.2) is 0 Å². The molecule has 1 aromatic rings. The largest absolute Gasteiger partial charge is 0.463 e. The second-order valence-electron chi connectivity index (χ2n) is 3.20. The van der Waals surface area contributed by atoms with Crippen molar-refractivity contribution < 1.29 is 14.3 Å².